The van der Waals surface area contributed by atoms with Crippen molar-refractivity contribution in [3.63, 3.8) is 0 Å². The first-order valence-corrected chi connectivity index (χ1v) is 5.80. The molecule has 0 spiro atoms. The zero-order valence-corrected chi connectivity index (χ0v) is 9.76. The average molecular weight is 224 g/mol. The Balaban J connectivity index is 2.01. The Morgan fingerprint density at radius 3 is 2.94 bits per heavy atom. The molecule has 3 nitrogen and oxygen atoms in total. The molecule has 0 heterocycles. The van der Waals surface area contributed by atoms with Gasteiger partial charge in [-0.15, -0.1) is 0 Å². The SMILES string of the molecule is COC(=O)CCC/C=C\C[C@H]1C=C[C@H](O)C1. The van der Waals surface area contributed by atoms with E-state index in [4.69, 9.17) is 0 Å². The van der Waals surface area contributed by atoms with Crippen LogP contribution in [0.15, 0.2) is 24.3 Å². The van der Waals surface area contributed by atoms with Crippen LogP contribution in [0.5, 0.6) is 0 Å². The zero-order chi connectivity index (χ0) is 11.8. The van der Waals surface area contributed by atoms with E-state index in [0.29, 0.717) is 12.3 Å². The van der Waals surface area contributed by atoms with Crippen LogP contribution in [-0.2, 0) is 9.53 Å². The van der Waals surface area contributed by atoms with Crippen LogP contribution in [0.25, 0.3) is 0 Å². The molecule has 0 aromatic carbocycles. The van der Waals surface area contributed by atoms with Gasteiger partial charge in [-0.2, -0.15) is 0 Å². The highest BCUT2D eigenvalue weighted by Gasteiger charge is 2.14. The summed E-state index contributed by atoms with van der Waals surface area (Å²) in [6.07, 6.45) is 12.0. The van der Waals surface area contributed by atoms with E-state index in [2.05, 4.69) is 23.0 Å². The van der Waals surface area contributed by atoms with Gasteiger partial charge >= 0.3 is 5.97 Å². The Hall–Kier alpha value is -1.09. The molecular weight excluding hydrogens is 204 g/mol. The van der Waals surface area contributed by atoms with Gasteiger partial charge in [0, 0.05) is 6.42 Å². The van der Waals surface area contributed by atoms with Crippen molar-refractivity contribution < 1.29 is 14.6 Å². The van der Waals surface area contributed by atoms with Crippen molar-refractivity contribution in [2.75, 3.05) is 7.11 Å². The third-order valence-electron chi connectivity index (χ3n) is 2.73. The van der Waals surface area contributed by atoms with Crippen molar-refractivity contribution in [2.24, 2.45) is 5.92 Å². The Bertz CT molecular complexity index is 268. The van der Waals surface area contributed by atoms with E-state index in [0.717, 1.165) is 25.7 Å². The van der Waals surface area contributed by atoms with Gasteiger partial charge in [-0.05, 0) is 31.6 Å². The second-order valence-electron chi connectivity index (χ2n) is 4.12. The molecule has 0 fully saturated rings. The summed E-state index contributed by atoms with van der Waals surface area (Å²) >= 11 is 0. The standard InChI is InChI=1S/C13H20O3/c1-16-13(15)7-5-3-2-4-6-11-8-9-12(14)10-11/h2,4,8-9,11-12,14H,3,5-7,10H2,1H3/b4-2-/t11-,12-/m0/s1. The number of unbranched alkanes of at least 4 members (excludes halogenated alkanes) is 1. The van der Waals surface area contributed by atoms with Gasteiger partial charge in [-0.25, -0.2) is 0 Å². The highest BCUT2D eigenvalue weighted by molar-refractivity contribution is 5.68. The molecular formula is C13H20O3. The number of hydrogen-bond acceptors (Lipinski definition) is 3. The molecule has 0 unspecified atom stereocenters. The molecule has 3 heteroatoms. The van der Waals surface area contributed by atoms with Crippen molar-refractivity contribution in [3.8, 4) is 0 Å². The summed E-state index contributed by atoms with van der Waals surface area (Å²) < 4.78 is 4.55. The van der Waals surface area contributed by atoms with Gasteiger partial charge in [-0.1, -0.05) is 24.3 Å². The maximum Gasteiger partial charge on any atom is 0.305 e. The lowest BCUT2D eigenvalue weighted by Gasteiger charge is -2.04. The second kappa shape index (κ2) is 7.23. The quantitative estimate of drug-likeness (QED) is 0.427. The van der Waals surface area contributed by atoms with Crippen molar-refractivity contribution in [2.45, 2.75) is 38.2 Å². The third-order valence-corrected chi connectivity index (χ3v) is 2.73. The fourth-order valence-electron chi connectivity index (χ4n) is 1.78. The summed E-state index contributed by atoms with van der Waals surface area (Å²) in [4.78, 5) is 10.8. The van der Waals surface area contributed by atoms with E-state index in [9.17, 15) is 9.90 Å². The minimum absolute atomic E-state index is 0.143. The first kappa shape index (κ1) is 13.0. The smallest absolute Gasteiger partial charge is 0.305 e. The van der Waals surface area contributed by atoms with Crippen molar-refractivity contribution >= 4 is 5.97 Å². The zero-order valence-electron chi connectivity index (χ0n) is 9.76. The van der Waals surface area contributed by atoms with E-state index in [1.165, 1.54) is 7.11 Å². The summed E-state index contributed by atoms with van der Waals surface area (Å²) in [5, 5.41) is 9.27. The lowest BCUT2D eigenvalue weighted by molar-refractivity contribution is -0.140. The summed E-state index contributed by atoms with van der Waals surface area (Å²) in [7, 11) is 1.41. The monoisotopic (exact) mass is 224 g/mol. The van der Waals surface area contributed by atoms with Crippen LogP contribution in [0, 0.1) is 5.92 Å². The molecule has 16 heavy (non-hydrogen) atoms. The van der Waals surface area contributed by atoms with Crippen LogP contribution in [0.2, 0.25) is 0 Å². The number of carbonyl (C=O) groups excluding carboxylic acids is 1. The molecule has 0 saturated heterocycles. The van der Waals surface area contributed by atoms with Gasteiger partial charge in [0.15, 0.2) is 0 Å². The fraction of sp³-hybridized carbons (Fsp3) is 0.615. The first-order valence-electron chi connectivity index (χ1n) is 5.80. The number of carbonyl (C=O) groups is 1. The molecule has 0 saturated carbocycles. The van der Waals surface area contributed by atoms with Gasteiger partial charge < -0.3 is 9.84 Å². The average Bonchev–Trinajstić information content (AvgIpc) is 2.69. The summed E-state index contributed by atoms with van der Waals surface area (Å²) in [6.45, 7) is 0. The van der Waals surface area contributed by atoms with Gasteiger partial charge in [0.05, 0.1) is 13.2 Å². The number of ether oxygens (including phenoxy) is 1. The van der Waals surface area contributed by atoms with E-state index < -0.39 is 0 Å². The minimum atomic E-state index is -0.252. The molecule has 1 rings (SSSR count). The summed E-state index contributed by atoms with van der Waals surface area (Å²) in [6, 6.07) is 0. The molecule has 1 N–H and O–H groups in total. The molecule has 1 aliphatic carbocycles. The van der Waals surface area contributed by atoms with E-state index in [-0.39, 0.29) is 12.1 Å². The number of methoxy groups -OCH3 is 1. The molecule has 0 aromatic heterocycles. The fourth-order valence-corrected chi connectivity index (χ4v) is 1.78. The number of esters is 1. The maximum absolute atomic E-state index is 10.8. The lowest BCUT2D eigenvalue weighted by Crippen LogP contribution is -2.00. The molecule has 90 valence electrons. The lowest BCUT2D eigenvalue weighted by atomic mass is 10.0. The topological polar surface area (TPSA) is 46.5 Å². The Labute approximate surface area is 96.8 Å². The normalized spacial score (nSPS) is 24.1. The summed E-state index contributed by atoms with van der Waals surface area (Å²) in [5.74, 6) is 0.335. The number of rotatable bonds is 6. The van der Waals surface area contributed by atoms with Gasteiger partial charge in [0.2, 0.25) is 0 Å². The Morgan fingerprint density at radius 2 is 2.31 bits per heavy atom. The van der Waals surface area contributed by atoms with Crippen molar-refractivity contribution in [1.82, 2.24) is 0 Å². The molecule has 1 aliphatic rings. The van der Waals surface area contributed by atoms with Gasteiger partial charge in [0.1, 0.15) is 0 Å². The molecule has 0 aliphatic heterocycles. The van der Waals surface area contributed by atoms with E-state index in [1.807, 2.05) is 6.08 Å². The number of allylic oxidation sites excluding steroid dienone is 3. The van der Waals surface area contributed by atoms with Crippen LogP contribution >= 0.6 is 0 Å². The van der Waals surface area contributed by atoms with Crippen LogP contribution in [0.1, 0.15) is 32.1 Å². The largest absolute Gasteiger partial charge is 0.469 e. The molecule has 0 aromatic rings. The van der Waals surface area contributed by atoms with Crippen LogP contribution in [-0.4, -0.2) is 24.3 Å². The van der Waals surface area contributed by atoms with Crippen molar-refractivity contribution in [3.05, 3.63) is 24.3 Å². The molecule has 0 amide bonds. The Kier molecular flexibility index (Phi) is 5.86. The van der Waals surface area contributed by atoms with E-state index >= 15 is 0 Å². The second-order valence-corrected chi connectivity index (χ2v) is 4.12. The predicted molar refractivity (Wildman–Crippen MR) is 62.9 cm³/mol. The predicted octanol–water partition coefficient (Wildman–Crippen LogP) is 2.21. The van der Waals surface area contributed by atoms with Crippen LogP contribution in [0.3, 0.4) is 0 Å². The first-order chi connectivity index (χ1) is 7.72. The number of aliphatic hydroxyl groups is 1. The van der Waals surface area contributed by atoms with Crippen LogP contribution < -0.4 is 0 Å². The minimum Gasteiger partial charge on any atom is -0.469 e. The highest BCUT2D eigenvalue weighted by atomic mass is 16.5. The van der Waals surface area contributed by atoms with Gasteiger partial charge in [-0.3, -0.25) is 4.79 Å². The Morgan fingerprint density at radius 1 is 1.50 bits per heavy atom. The van der Waals surface area contributed by atoms with Crippen LogP contribution in [0.4, 0.5) is 0 Å². The molecule has 0 radical (unpaired) electrons. The maximum atomic E-state index is 10.8. The van der Waals surface area contributed by atoms with E-state index in [1.54, 1.807) is 0 Å². The third kappa shape index (κ3) is 5.12. The summed E-state index contributed by atoms with van der Waals surface area (Å²) in [5.41, 5.74) is 0. The molecule has 0 bridgehead atoms. The number of hydrogen-bond donors (Lipinski definition) is 1. The highest BCUT2D eigenvalue weighted by Crippen LogP contribution is 2.21. The number of aliphatic hydroxyl groups excluding tert-OH is 1. The molecule has 2 atom stereocenters. The van der Waals surface area contributed by atoms with Gasteiger partial charge in [0.25, 0.3) is 0 Å². The van der Waals surface area contributed by atoms with Crippen molar-refractivity contribution in [1.29, 1.82) is 0 Å².